The molecule has 0 aliphatic carbocycles. The average Bonchev–Trinajstić information content (AvgIpc) is 2.77. The molecule has 1 atom stereocenters. The molecule has 21 heavy (non-hydrogen) atoms. The summed E-state index contributed by atoms with van der Waals surface area (Å²) in [6.07, 6.45) is 0.153. The van der Waals surface area contributed by atoms with E-state index in [1.54, 1.807) is 0 Å². The minimum Gasteiger partial charge on any atom is -0.481 e. The van der Waals surface area contributed by atoms with Crippen LogP contribution in [0.4, 0.5) is 11.5 Å². The van der Waals surface area contributed by atoms with Crippen molar-refractivity contribution in [3.63, 3.8) is 0 Å². The number of carbonyl (C=O) groups excluding carboxylic acids is 2. The van der Waals surface area contributed by atoms with Gasteiger partial charge in [-0.25, -0.2) is 0 Å². The van der Waals surface area contributed by atoms with E-state index in [0.29, 0.717) is 0 Å². The van der Waals surface area contributed by atoms with Crippen molar-refractivity contribution in [2.45, 2.75) is 18.6 Å². The van der Waals surface area contributed by atoms with Crippen LogP contribution in [0.3, 0.4) is 0 Å². The molecule has 1 aromatic heterocycles. The van der Waals surface area contributed by atoms with Gasteiger partial charge in [0.05, 0.1) is 12.0 Å². The maximum atomic E-state index is 12.0. The van der Waals surface area contributed by atoms with Crippen molar-refractivity contribution in [2.24, 2.45) is 0 Å². The third-order valence-electron chi connectivity index (χ3n) is 2.91. The summed E-state index contributed by atoms with van der Waals surface area (Å²) in [5.41, 5.74) is -0.266. The van der Waals surface area contributed by atoms with Crippen molar-refractivity contribution < 1.29 is 19.2 Å². The van der Waals surface area contributed by atoms with Crippen LogP contribution in [0.1, 0.15) is 13.3 Å². The minimum atomic E-state index is -0.597. The fourth-order valence-corrected chi connectivity index (χ4v) is 2.99. The van der Waals surface area contributed by atoms with Gasteiger partial charge < -0.3 is 4.74 Å². The Kier molecular flexibility index (Phi) is 4.41. The second-order valence-corrected chi connectivity index (χ2v) is 5.87. The Morgan fingerprint density at radius 1 is 1.57 bits per heavy atom. The van der Waals surface area contributed by atoms with Crippen molar-refractivity contribution in [2.75, 3.05) is 18.6 Å². The molecule has 0 saturated carbocycles. The van der Waals surface area contributed by atoms with Crippen LogP contribution < -0.4 is 9.64 Å². The van der Waals surface area contributed by atoms with E-state index in [-0.39, 0.29) is 46.6 Å². The number of nitrogens with zero attached hydrogens (tertiary/aromatic N) is 3. The van der Waals surface area contributed by atoms with Gasteiger partial charge in [-0.3, -0.25) is 24.6 Å². The topological polar surface area (TPSA) is 103 Å². The van der Waals surface area contributed by atoms with Crippen LogP contribution in [0.25, 0.3) is 0 Å². The molecule has 0 radical (unpaired) electrons. The first-order valence-corrected chi connectivity index (χ1v) is 6.97. The van der Waals surface area contributed by atoms with E-state index in [9.17, 15) is 19.7 Å². The summed E-state index contributed by atoms with van der Waals surface area (Å²) in [7, 11) is 1.39. The first-order valence-electron chi connectivity index (χ1n) is 6.09. The molecule has 1 unspecified atom stereocenters. The van der Waals surface area contributed by atoms with E-state index in [1.165, 1.54) is 31.1 Å². The average molecular weight is 311 g/mol. The van der Waals surface area contributed by atoms with Gasteiger partial charge in [0.1, 0.15) is 0 Å². The van der Waals surface area contributed by atoms with E-state index in [2.05, 4.69) is 4.98 Å². The lowest BCUT2D eigenvalue weighted by Gasteiger charge is -2.15. The highest BCUT2D eigenvalue weighted by Crippen LogP contribution is 2.34. The molecular formula is C12H13N3O5S. The van der Waals surface area contributed by atoms with Crippen LogP contribution in [0.2, 0.25) is 0 Å². The Balaban J connectivity index is 2.34. The number of carbonyl (C=O) groups is 2. The highest BCUT2D eigenvalue weighted by molar-refractivity contribution is 8.14. The van der Waals surface area contributed by atoms with E-state index in [0.717, 1.165) is 11.8 Å². The number of aromatic nitrogens is 1. The number of ether oxygens (including phenoxy) is 1. The Hall–Kier alpha value is -2.16. The highest BCUT2D eigenvalue weighted by Gasteiger charge is 2.36. The summed E-state index contributed by atoms with van der Waals surface area (Å²) in [6, 6.07) is 2.61. The van der Waals surface area contributed by atoms with Gasteiger partial charge in [0.15, 0.2) is 5.12 Å². The van der Waals surface area contributed by atoms with Gasteiger partial charge in [-0.15, -0.1) is 0 Å². The summed E-state index contributed by atoms with van der Waals surface area (Å²) >= 11 is 1.06. The van der Waals surface area contributed by atoms with Crippen LogP contribution in [0, 0.1) is 10.1 Å². The number of hydrogen-bond acceptors (Lipinski definition) is 7. The van der Waals surface area contributed by atoms with Crippen LogP contribution in [-0.4, -0.2) is 39.8 Å². The SMILES string of the molecule is COc1ccc([N+](=O)[O-])c(N2CC(SC(C)=O)CC2=O)n1. The standard InChI is InChI=1S/C12H13N3O5S/c1-7(16)21-8-5-11(17)14(6-8)12-9(15(18)19)3-4-10(13-12)20-2/h3-4,8H,5-6H2,1-2H3. The molecule has 1 fully saturated rings. The minimum absolute atomic E-state index is 0.0454. The molecule has 0 aromatic carbocycles. The Morgan fingerprint density at radius 3 is 2.86 bits per heavy atom. The van der Waals surface area contributed by atoms with Gasteiger partial charge in [0.2, 0.25) is 17.6 Å². The molecule has 1 aliphatic rings. The van der Waals surface area contributed by atoms with E-state index < -0.39 is 4.92 Å². The Labute approximate surface area is 124 Å². The molecule has 0 N–H and O–H groups in total. The number of anilines is 1. The fraction of sp³-hybridized carbons (Fsp3) is 0.417. The fourth-order valence-electron chi connectivity index (χ4n) is 2.07. The lowest BCUT2D eigenvalue weighted by Crippen LogP contribution is -2.27. The molecule has 112 valence electrons. The number of rotatable bonds is 4. The number of amides is 1. The van der Waals surface area contributed by atoms with Crippen molar-refractivity contribution in [1.82, 2.24) is 4.98 Å². The van der Waals surface area contributed by atoms with Crippen LogP contribution in [0.5, 0.6) is 5.88 Å². The lowest BCUT2D eigenvalue weighted by atomic mass is 10.3. The predicted molar refractivity (Wildman–Crippen MR) is 76.5 cm³/mol. The molecule has 1 saturated heterocycles. The number of methoxy groups -OCH3 is 1. The summed E-state index contributed by atoms with van der Waals surface area (Å²) in [5.74, 6) is -0.153. The highest BCUT2D eigenvalue weighted by atomic mass is 32.2. The van der Waals surface area contributed by atoms with Gasteiger partial charge in [-0.05, 0) is 0 Å². The zero-order chi connectivity index (χ0) is 15.6. The molecule has 0 spiro atoms. The number of thioether (sulfide) groups is 1. The summed E-state index contributed by atoms with van der Waals surface area (Å²) in [6.45, 7) is 1.63. The summed E-state index contributed by atoms with van der Waals surface area (Å²) < 4.78 is 4.94. The molecule has 2 heterocycles. The van der Waals surface area contributed by atoms with E-state index >= 15 is 0 Å². The van der Waals surface area contributed by atoms with Crippen LogP contribution in [-0.2, 0) is 9.59 Å². The largest absolute Gasteiger partial charge is 0.481 e. The monoisotopic (exact) mass is 311 g/mol. The normalized spacial score (nSPS) is 17.9. The molecule has 1 aliphatic heterocycles. The van der Waals surface area contributed by atoms with Crippen molar-refractivity contribution in [3.05, 3.63) is 22.2 Å². The molecule has 1 amide bonds. The van der Waals surface area contributed by atoms with Crippen LogP contribution >= 0.6 is 11.8 Å². The Morgan fingerprint density at radius 2 is 2.29 bits per heavy atom. The molecular weight excluding hydrogens is 298 g/mol. The van der Waals surface area contributed by atoms with Gasteiger partial charge >= 0.3 is 5.69 Å². The molecule has 2 rings (SSSR count). The Bertz CT molecular complexity index is 607. The number of pyridine rings is 1. The maximum Gasteiger partial charge on any atom is 0.312 e. The quantitative estimate of drug-likeness (QED) is 0.611. The third-order valence-corrected chi connectivity index (χ3v) is 3.89. The predicted octanol–water partition coefficient (Wildman–Crippen LogP) is 1.38. The first-order chi connectivity index (χ1) is 9.92. The first kappa shape index (κ1) is 15.2. The van der Waals surface area contributed by atoms with Crippen molar-refractivity contribution >= 4 is 34.3 Å². The second kappa shape index (κ2) is 6.08. The van der Waals surface area contributed by atoms with Crippen LogP contribution in [0.15, 0.2) is 12.1 Å². The maximum absolute atomic E-state index is 12.0. The van der Waals surface area contributed by atoms with Crippen molar-refractivity contribution in [1.29, 1.82) is 0 Å². The zero-order valence-corrected chi connectivity index (χ0v) is 12.3. The van der Waals surface area contributed by atoms with Gasteiger partial charge in [-0.2, -0.15) is 4.98 Å². The molecule has 1 aromatic rings. The van der Waals surface area contributed by atoms with E-state index in [1.807, 2.05) is 0 Å². The summed E-state index contributed by atoms with van der Waals surface area (Å²) in [4.78, 5) is 38.9. The smallest absolute Gasteiger partial charge is 0.312 e. The van der Waals surface area contributed by atoms with Gasteiger partial charge in [0, 0.05) is 37.3 Å². The van der Waals surface area contributed by atoms with Gasteiger partial charge in [-0.1, -0.05) is 11.8 Å². The third kappa shape index (κ3) is 3.30. The number of nitro groups is 1. The molecule has 9 heteroatoms. The van der Waals surface area contributed by atoms with E-state index in [4.69, 9.17) is 4.74 Å². The second-order valence-electron chi connectivity index (χ2n) is 4.39. The molecule has 8 nitrogen and oxygen atoms in total. The lowest BCUT2D eigenvalue weighted by molar-refractivity contribution is -0.384. The number of hydrogen-bond donors (Lipinski definition) is 0. The van der Waals surface area contributed by atoms with Crippen molar-refractivity contribution in [3.8, 4) is 5.88 Å². The molecule has 0 bridgehead atoms. The zero-order valence-electron chi connectivity index (χ0n) is 11.4. The van der Waals surface area contributed by atoms with Gasteiger partial charge in [0.25, 0.3) is 0 Å². The summed E-state index contributed by atoms with van der Waals surface area (Å²) in [5, 5.41) is 10.8.